The highest BCUT2D eigenvalue weighted by atomic mass is 16.2. The highest BCUT2D eigenvalue weighted by Crippen LogP contribution is 2.03. The standard InChI is InChI=1S/C9H19N3O/c1-8(7-10)9(13)12-5-2-3-11-4-6-12/h8,11H,2-7,10H2,1H3. The molecule has 0 saturated carbocycles. The SMILES string of the molecule is CC(CN)C(=O)N1CCCNCC1. The Labute approximate surface area is 79.5 Å². The van der Waals surface area contributed by atoms with Crippen molar-refractivity contribution in [3.05, 3.63) is 0 Å². The maximum absolute atomic E-state index is 11.7. The van der Waals surface area contributed by atoms with Crippen LogP contribution in [0.25, 0.3) is 0 Å². The van der Waals surface area contributed by atoms with Crippen LogP contribution in [-0.4, -0.2) is 43.5 Å². The Balaban J connectivity index is 2.43. The molecule has 1 amide bonds. The van der Waals surface area contributed by atoms with Crippen molar-refractivity contribution in [2.75, 3.05) is 32.7 Å². The monoisotopic (exact) mass is 185 g/mol. The number of hydrogen-bond acceptors (Lipinski definition) is 3. The lowest BCUT2D eigenvalue weighted by Gasteiger charge is -2.22. The van der Waals surface area contributed by atoms with Gasteiger partial charge in [-0.05, 0) is 13.0 Å². The largest absolute Gasteiger partial charge is 0.341 e. The Morgan fingerprint density at radius 3 is 3.00 bits per heavy atom. The molecule has 0 radical (unpaired) electrons. The van der Waals surface area contributed by atoms with Gasteiger partial charge in [-0.3, -0.25) is 4.79 Å². The Bertz CT molecular complexity index is 164. The van der Waals surface area contributed by atoms with Gasteiger partial charge < -0.3 is 16.0 Å². The zero-order valence-corrected chi connectivity index (χ0v) is 8.25. The number of nitrogens with two attached hydrogens (primary N) is 1. The molecular weight excluding hydrogens is 166 g/mol. The Kier molecular flexibility index (Phi) is 4.18. The minimum Gasteiger partial charge on any atom is -0.341 e. The second-order valence-corrected chi connectivity index (χ2v) is 3.57. The van der Waals surface area contributed by atoms with E-state index < -0.39 is 0 Å². The van der Waals surface area contributed by atoms with Crippen molar-refractivity contribution in [3.63, 3.8) is 0 Å². The first-order valence-electron chi connectivity index (χ1n) is 4.95. The van der Waals surface area contributed by atoms with Crippen molar-refractivity contribution < 1.29 is 4.79 Å². The molecule has 1 heterocycles. The summed E-state index contributed by atoms with van der Waals surface area (Å²) in [7, 11) is 0. The smallest absolute Gasteiger partial charge is 0.226 e. The van der Waals surface area contributed by atoms with Crippen molar-refractivity contribution in [1.82, 2.24) is 10.2 Å². The van der Waals surface area contributed by atoms with Gasteiger partial charge in [-0.25, -0.2) is 0 Å². The molecule has 0 aliphatic carbocycles. The van der Waals surface area contributed by atoms with Crippen molar-refractivity contribution in [2.45, 2.75) is 13.3 Å². The Hall–Kier alpha value is -0.610. The normalized spacial score (nSPS) is 20.9. The summed E-state index contributed by atoms with van der Waals surface area (Å²) in [5, 5.41) is 3.26. The van der Waals surface area contributed by atoms with Crippen LogP contribution >= 0.6 is 0 Å². The summed E-state index contributed by atoms with van der Waals surface area (Å²) in [5.41, 5.74) is 5.46. The lowest BCUT2D eigenvalue weighted by molar-refractivity contribution is -0.134. The number of nitrogens with zero attached hydrogens (tertiary/aromatic N) is 1. The maximum Gasteiger partial charge on any atom is 0.226 e. The number of nitrogens with one attached hydrogen (secondary N) is 1. The van der Waals surface area contributed by atoms with Crippen LogP contribution in [0.5, 0.6) is 0 Å². The zero-order chi connectivity index (χ0) is 9.68. The second kappa shape index (κ2) is 5.19. The van der Waals surface area contributed by atoms with Crippen LogP contribution in [0, 0.1) is 5.92 Å². The van der Waals surface area contributed by atoms with Gasteiger partial charge in [0, 0.05) is 32.1 Å². The van der Waals surface area contributed by atoms with Gasteiger partial charge in [0.25, 0.3) is 0 Å². The van der Waals surface area contributed by atoms with E-state index in [1.165, 1.54) is 0 Å². The summed E-state index contributed by atoms with van der Waals surface area (Å²) >= 11 is 0. The lowest BCUT2D eigenvalue weighted by Crippen LogP contribution is -2.39. The van der Waals surface area contributed by atoms with Gasteiger partial charge in [0.1, 0.15) is 0 Å². The van der Waals surface area contributed by atoms with E-state index in [4.69, 9.17) is 5.73 Å². The second-order valence-electron chi connectivity index (χ2n) is 3.57. The lowest BCUT2D eigenvalue weighted by atomic mass is 10.1. The third kappa shape index (κ3) is 2.97. The molecule has 1 fully saturated rings. The van der Waals surface area contributed by atoms with Gasteiger partial charge in [-0.15, -0.1) is 0 Å². The van der Waals surface area contributed by atoms with E-state index in [-0.39, 0.29) is 11.8 Å². The predicted octanol–water partition coefficient (Wildman–Crippen LogP) is -0.597. The molecule has 1 unspecified atom stereocenters. The molecule has 1 atom stereocenters. The summed E-state index contributed by atoms with van der Waals surface area (Å²) in [6.45, 7) is 5.95. The summed E-state index contributed by atoms with van der Waals surface area (Å²) in [5.74, 6) is 0.171. The predicted molar refractivity (Wildman–Crippen MR) is 52.3 cm³/mol. The third-order valence-electron chi connectivity index (χ3n) is 2.43. The van der Waals surface area contributed by atoms with E-state index in [1.54, 1.807) is 0 Å². The van der Waals surface area contributed by atoms with E-state index in [0.717, 1.165) is 32.6 Å². The molecule has 0 aromatic rings. The molecule has 0 spiro atoms. The van der Waals surface area contributed by atoms with Crippen molar-refractivity contribution >= 4 is 5.91 Å². The van der Waals surface area contributed by atoms with Gasteiger partial charge in [0.2, 0.25) is 5.91 Å². The molecular formula is C9H19N3O. The maximum atomic E-state index is 11.7. The molecule has 1 aliphatic heterocycles. The zero-order valence-electron chi connectivity index (χ0n) is 8.25. The van der Waals surface area contributed by atoms with Crippen molar-refractivity contribution in [3.8, 4) is 0 Å². The van der Waals surface area contributed by atoms with E-state index in [2.05, 4.69) is 5.32 Å². The number of rotatable bonds is 2. The first kappa shape index (κ1) is 10.5. The highest BCUT2D eigenvalue weighted by Gasteiger charge is 2.19. The number of carbonyl (C=O) groups is 1. The molecule has 4 nitrogen and oxygen atoms in total. The molecule has 0 aromatic heterocycles. The van der Waals surface area contributed by atoms with E-state index in [9.17, 15) is 4.79 Å². The quantitative estimate of drug-likeness (QED) is 0.604. The average Bonchev–Trinajstić information content (AvgIpc) is 2.43. The highest BCUT2D eigenvalue weighted by molar-refractivity contribution is 5.78. The van der Waals surface area contributed by atoms with E-state index in [0.29, 0.717) is 6.54 Å². The fraction of sp³-hybridized carbons (Fsp3) is 0.889. The minimum absolute atomic E-state index is 0.0295. The Morgan fingerprint density at radius 2 is 2.31 bits per heavy atom. The Morgan fingerprint density at radius 1 is 1.54 bits per heavy atom. The fourth-order valence-electron chi connectivity index (χ4n) is 1.48. The van der Waals surface area contributed by atoms with Crippen molar-refractivity contribution in [2.24, 2.45) is 11.7 Å². The molecule has 13 heavy (non-hydrogen) atoms. The minimum atomic E-state index is -0.0295. The molecule has 4 heteroatoms. The number of amides is 1. The molecule has 0 bridgehead atoms. The average molecular weight is 185 g/mol. The number of carbonyl (C=O) groups excluding carboxylic acids is 1. The van der Waals surface area contributed by atoms with Crippen LogP contribution in [-0.2, 0) is 4.79 Å². The topological polar surface area (TPSA) is 58.4 Å². The van der Waals surface area contributed by atoms with Gasteiger partial charge in [-0.1, -0.05) is 6.92 Å². The first-order chi connectivity index (χ1) is 6.25. The molecule has 3 N–H and O–H groups in total. The molecule has 0 aromatic carbocycles. The molecule has 1 saturated heterocycles. The molecule has 1 rings (SSSR count). The van der Waals surface area contributed by atoms with Crippen LogP contribution in [0.1, 0.15) is 13.3 Å². The number of hydrogen-bond donors (Lipinski definition) is 2. The summed E-state index contributed by atoms with van der Waals surface area (Å²) in [6, 6.07) is 0. The summed E-state index contributed by atoms with van der Waals surface area (Å²) in [6.07, 6.45) is 1.04. The first-order valence-corrected chi connectivity index (χ1v) is 4.95. The van der Waals surface area contributed by atoms with E-state index >= 15 is 0 Å². The van der Waals surface area contributed by atoms with Gasteiger partial charge in [0.05, 0.1) is 0 Å². The van der Waals surface area contributed by atoms with Crippen LogP contribution in [0.2, 0.25) is 0 Å². The summed E-state index contributed by atoms with van der Waals surface area (Å²) < 4.78 is 0. The van der Waals surface area contributed by atoms with Gasteiger partial charge in [-0.2, -0.15) is 0 Å². The molecule has 1 aliphatic rings. The fourth-order valence-corrected chi connectivity index (χ4v) is 1.48. The summed E-state index contributed by atoms with van der Waals surface area (Å²) in [4.78, 5) is 13.6. The van der Waals surface area contributed by atoms with Crippen molar-refractivity contribution in [1.29, 1.82) is 0 Å². The van der Waals surface area contributed by atoms with Crippen LogP contribution < -0.4 is 11.1 Å². The third-order valence-corrected chi connectivity index (χ3v) is 2.43. The van der Waals surface area contributed by atoms with Crippen LogP contribution in [0.15, 0.2) is 0 Å². The van der Waals surface area contributed by atoms with Crippen LogP contribution in [0.3, 0.4) is 0 Å². The van der Waals surface area contributed by atoms with Gasteiger partial charge in [0.15, 0.2) is 0 Å². The van der Waals surface area contributed by atoms with Crippen LogP contribution in [0.4, 0.5) is 0 Å². The molecule has 76 valence electrons. The van der Waals surface area contributed by atoms with E-state index in [1.807, 2.05) is 11.8 Å². The van der Waals surface area contributed by atoms with Gasteiger partial charge >= 0.3 is 0 Å².